The van der Waals surface area contributed by atoms with Gasteiger partial charge in [-0.25, -0.2) is 0 Å². The molecule has 0 aliphatic heterocycles. The van der Waals surface area contributed by atoms with Crippen molar-refractivity contribution in [3.63, 3.8) is 0 Å². The lowest BCUT2D eigenvalue weighted by atomic mass is 9.83. The predicted molar refractivity (Wildman–Crippen MR) is 137 cm³/mol. The second-order valence-electron chi connectivity index (χ2n) is 11.1. The Kier molecular flexibility index (Phi) is 8.79. The molecule has 200 valence electrons. The number of nitrogens with one attached hydrogen (secondary N) is 1. The van der Waals surface area contributed by atoms with Gasteiger partial charge in [0.1, 0.15) is 0 Å². The molecule has 2 aromatic heterocycles. The van der Waals surface area contributed by atoms with Crippen molar-refractivity contribution in [3.05, 3.63) is 34.2 Å². The Morgan fingerprint density at radius 1 is 1.22 bits per heavy atom. The smallest absolute Gasteiger partial charge is 0.350 e. The molecular formula is C27H38ClF3N4O. The minimum Gasteiger partial charge on any atom is -0.350 e. The molecule has 1 N–H and O–H groups in total. The molecule has 3 rings (SSSR count). The van der Waals surface area contributed by atoms with Crippen molar-refractivity contribution < 1.29 is 18.0 Å². The van der Waals surface area contributed by atoms with Crippen molar-refractivity contribution >= 4 is 17.5 Å². The number of hydrogen-bond acceptors (Lipinski definition) is 3. The molecule has 0 radical (unpaired) electrons. The highest BCUT2D eigenvalue weighted by Crippen LogP contribution is 2.41. The number of rotatable bonds is 8. The number of aryl methyl sites for hydroxylation is 1. The largest absolute Gasteiger partial charge is 0.394 e. The molecule has 0 bridgehead atoms. The molecular weight excluding hydrogens is 489 g/mol. The first-order valence-electron chi connectivity index (χ1n) is 12.9. The van der Waals surface area contributed by atoms with Gasteiger partial charge in [0.05, 0.1) is 16.1 Å². The van der Waals surface area contributed by atoms with Gasteiger partial charge in [-0.2, -0.15) is 18.3 Å². The number of nitrogens with zero attached hydrogens (tertiary/aromatic N) is 3. The van der Waals surface area contributed by atoms with Crippen LogP contribution in [-0.2, 0) is 13.0 Å². The maximum atomic E-state index is 13.5. The summed E-state index contributed by atoms with van der Waals surface area (Å²) < 4.78 is 42.0. The van der Waals surface area contributed by atoms with Crippen LogP contribution in [0.3, 0.4) is 0 Å². The number of carbonyl (C=O) groups excluding carboxylic acids is 1. The van der Waals surface area contributed by atoms with Gasteiger partial charge in [-0.05, 0) is 49.1 Å². The van der Waals surface area contributed by atoms with Gasteiger partial charge in [0.15, 0.2) is 5.69 Å². The summed E-state index contributed by atoms with van der Waals surface area (Å²) >= 11 is 6.74. The monoisotopic (exact) mass is 526 g/mol. The number of hydrogen-bond donors (Lipinski definition) is 1. The van der Waals surface area contributed by atoms with Gasteiger partial charge in [-0.15, -0.1) is 0 Å². The van der Waals surface area contributed by atoms with Crippen molar-refractivity contribution in [2.45, 2.75) is 92.3 Å². The van der Waals surface area contributed by atoms with E-state index in [1.165, 1.54) is 26.7 Å². The Morgan fingerprint density at radius 3 is 2.42 bits per heavy atom. The van der Waals surface area contributed by atoms with E-state index in [0.717, 1.165) is 24.3 Å². The van der Waals surface area contributed by atoms with Gasteiger partial charge in [0.2, 0.25) is 0 Å². The molecule has 2 aromatic rings. The first-order chi connectivity index (χ1) is 16.7. The molecule has 5 nitrogen and oxygen atoms in total. The summed E-state index contributed by atoms with van der Waals surface area (Å²) in [4.78, 5) is 17.4. The quantitative estimate of drug-likeness (QED) is 0.389. The van der Waals surface area contributed by atoms with Crippen LogP contribution in [0.4, 0.5) is 13.2 Å². The van der Waals surface area contributed by atoms with E-state index in [0.29, 0.717) is 36.0 Å². The zero-order valence-electron chi connectivity index (χ0n) is 22.1. The lowest BCUT2D eigenvalue weighted by Gasteiger charge is -2.27. The number of pyridine rings is 1. The second kappa shape index (κ2) is 11.1. The summed E-state index contributed by atoms with van der Waals surface area (Å²) in [6.07, 6.45) is 1.55. The van der Waals surface area contributed by atoms with Gasteiger partial charge in [-0.3, -0.25) is 14.5 Å². The van der Waals surface area contributed by atoms with Crippen LogP contribution in [0.5, 0.6) is 0 Å². The Labute approximate surface area is 217 Å². The van der Waals surface area contributed by atoms with Crippen LogP contribution in [0, 0.1) is 17.3 Å². The summed E-state index contributed by atoms with van der Waals surface area (Å²) in [5.74, 6) is 0.887. The van der Waals surface area contributed by atoms with Gasteiger partial charge in [-0.1, -0.05) is 59.1 Å². The fourth-order valence-corrected chi connectivity index (χ4v) is 5.09. The van der Waals surface area contributed by atoms with E-state index in [2.05, 4.69) is 22.3 Å². The van der Waals surface area contributed by atoms with Crippen molar-refractivity contribution in [2.75, 3.05) is 6.54 Å². The minimum atomic E-state index is -4.34. The van der Waals surface area contributed by atoms with E-state index in [4.69, 9.17) is 11.6 Å². The van der Waals surface area contributed by atoms with E-state index in [1.807, 2.05) is 20.8 Å². The number of aromatic nitrogens is 3. The van der Waals surface area contributed by atoms with Crippen LogP contribution in [-0.4, -0.2) is 33.4 Å². The number of alkyl halides is 3. The molecule has 0 spiro atoms. The highest BCUT2D eigenvalue weighted by atomic mass is 35.5. The molecule has 2 heterocycles. The normalized spacial score (nSPS) is 19.1. The summed E-state index contributed by atoms with van der Waals surface area (Å²) in [6.45, 7) is 11.5. The zero-order chi connectivity index (χ0) is 26.8. The molecule has 1 saturated carbocycles. The van der Waals surface area contributed by atoms with Crippen LogP contribution in [0.2, 0.25) is 5.02 Å². The second-order valence-corrected chi connectivity index (χ2v) is 11.5. The number of carbonyl (C=O) groups is 1. The Morgan fingerprint density at radius 2 is 1.86 bits per heavy atom. The number of halogens is 4. The van der Waals surface area contributed by atoms with Crippen LogP contribution in [0.25, 0.3) is 11.3 Å². The fourth-order valence-electron chi connectivity index (χ4n) is 4.77. The maximum Gasteiger partial charge on any atom is 0.394 e. The average molecular weight is 527 g/mol. The maximum absolute atomic E-state index is 13.5. The minimum absolute atomic E-state index is 0.00186. The van der Waals surface area contributed by atoms with E-state index in [9.17, 15) is 18.0 Å². The van der Waals surface area contributed by atoms with E-state index >= 15 is 0 Å². The van der Waals surface area contributed by atoms with Gasteiger partial charge in [0.25, 0.3) is 5.91 Å². The van der Waals surface area contributed by atoms with Gasteiger partial charge >= 0.3 is 6.18 Å². The zero-order valence-corrected chi connectivity index (χ0v) is 22.9. The Bertz CT molecular complexity index is 1070. The Hall–Kier alpha value is -2.09. The standard InChI is InChI=1S/C27H38ClF3N4O/c1-7-35-24(22(28)23(34-35)25(36)33-14-18-10-8-17(4)9-11-18)21-15-32-19(12-20(21)16(2)3)13-26(5,6)27(29,30)31/h12,15-18H,7-11,13-14H2,1-6H3,(H,33,36). The molecule has 1 fully saturated rings. The fraction of sp³-hybridized carbons (Fsp3) is 0.667. The third kappa shape index (κ3) is 6.24. The topological polar surface area (TPSA) is 59.8 Å². The predicted octanol–water partition coefficient (Wildman–Crippen LogP) is 7.43. The van der Waals surface area contributed by atoms with Gasteiger partial charge in [0, 0.05) is 37.0 Å². The first-order valence-corrected chi connectivity index (χ1v) is 13.2. The summed E-state index contributed by atoms with van der Waals surface area (Å²) in [6, 6.07) is 1.72. The Balaban J connectivity index is 1.90. The summed E-state index contributed by atoms with van der Waals surface area (Å²) in [5.41, 5.74) is 0.683. The molecule has 1 aliphatic rings. The third-order valence-electron chi connectivity index (χ3n) is 7.36. The van der Waals surface area contributed by atoms with Gasteiger partial charge < -0.3 is 5.32 Å². The van der Waals surface area contributed by atoms with Crippen molar-refractivity contribution in [1.82, 2.24) is 20.1 Å². The molecule has 1 aliphatic carbocycles. The number of amides is 1. The van der Waals surface area contributed by atoms with Crippen LogP contribution in [0.1, 0.15) is 94.9 Å². The molecule has 9 heteroatoms. The first kappa shape index (κ1) is 28.5. The van der Waals surface area contributed by atoms with Crippen LogP contribution in [0.15, 0.2) is 12.3 Å². The lowest BCUT2D eigenvalue weighted by Crippen LogP contribution is -2.34. The SMILES string of the molecule is CCn1nc(C(=O)NCC2CCC(C)CC2)c(Cl)c1-c1cnc(CC(C)(C)C(F)(F)F)cc1C(C)C. The van der Waals surface area contributed by atoms with E-state index < -0.39 is 11.6 Å². The molecule has 1 amide bonds. The highest BCUT2D eigenvalue weighted by Gasteiger charge is 2.47. The van der Waals surface area contributed by atoms with Crippen molar-refractivity contribution in [2.24, 2.45) is 17.3 Å². The highest BCUT2D eigenvalue weighted by molar-refractivity contribution is 6.36. The van der Waals surface area contributed by atoms with E-state index in [-0.39, 0.29) is 29.0 Å². The average Bonchev–Trinajstić information content (AvgIpc) is 3.13. The third-order valence-corrected chi connectivity index (χ3v) is 7.71. The molecule has 36 heavy (non-hydrogen) atoms. The molecule has 0 unspecified atom stereocenters. The summed E-state index contributed by atoms with van der Waals surface area (Å²) in [7, 11) is 0. The van der Waals surface area contributed by atoms with E-state index in [1.54, 1.807) is 16.9 Å². The molecule has 0 saturated heterocycles. The van der Waals surface area contributed by atoms with Crippen LogP contribution >= 0.6 is 11.6 Å². The van der Waals surface area contributed by atoms with Crippen molar-refractivity contribution in [3.8, 4) is 11.3 Å². The molecule has 0 aromatic carbocycles. The summed E-state index contributed by atoms with van der Waals surface area (Å²) in [5, 5.41) is 7.73. The van der Waals surface area contributed by atoms with Crippen molar-refractivity contribution in [1.29, 1.82) is 0 Å². The lowest BCUT2D eigenvalue weighted by molar-refractivity contribution is -0.211. The van der Waals surface area contributed by atoms with Crippen LogP contribution < -0.4 is 5.32 Å². The molecule has 0 atom stereocenters.